The van der Waals surface area contributed by atoms with Crippen molar-refractivity contribution >= 4 is 22.8 Å². The van der Waals surface area contributed by atoms with Crippen molar-refractivity contribution in [2.75, 3.05) is 20.8 Å². The Hall–Kier alpha value is -2.63. The fourth-order valence-corrected chi connectivity index (χ4v) is 1.93. The Bertz CT molecular complexity index is 697. The van der Waals surface area contributed by atoms with Crippen LogP contribution in [0.3, 0.4) is 0 Å². The third kappa shape index (κ3) is 3.28. The summed E-state index contributed by atoms with van der Waals surface area (Å²) in [6, 6.07) is 7.18. The summed E-state index contributed by atoms with van der Waals surface area (Å²) in [6.45, 7) is 1.57. The lowest BCUT2D eigenvalue weighted by molar-refractivity contribution is -0.139. The van der Waals surface area contributed by atoms with E-state index in [4.69, 9.17) is 4.74 Å². The monoisotopic (exact) mass is 288 g/mol. The molecule has 0 atom stereocenters. The lowest BCUT2D eigenvalue weighted by Crippen LogP contribution is -2.30. The van der Waals surface area contributed by atoms with E-state index in [1.54, 1.807) is 26.2 Å². The Morgan fingerprint density at radius 2 is 2.00 bits per heavy atom. The van der Waals surface area contributed by atoms with Crippen LogP contribution in [-0.2, 0) is 9.53 Å². The summed E-state index contributed by atoms with van der Waals surface area (Å²) >= 11 is 0. The molecule has 0 saturated heterocycles. The van der Waals surface area contributed by atoms with Crippen molar-refractivity contribution in [3.05, 3.63) is 35.5 Å². The van der Waals surface area contributed by atoms with Crippen LogP contribution in [0.2, 0.25) is 0 Å². The molecule has 0 unspecified atom stereocenters. The Morgan fingerprint density at radius 3 is 2.67 bits per heavy atom. The third-order valence-corrected chi connectivity index (χ3v) is 3.08. The van der Waals surface area contributed by atoms with Crippen LogP contribution in [0.4, 0.5) is 0 Å². The molecule has 1 heterocycles. The van der Waals surface area contributed by atoms with Gasteiger partial charge in [0, 0.05) is 5.39 Å². The molecule has 6 heteroatoms. The molecule has 0 saturated carbocycles. The van der Waals surface area contributed by atoms with Crippen molar-refractivity contribution in [1.82, 2.24) is 10.3 Å². The molecule has 110 valence electrons. The summed E-state index contributed by atoms with van der Waals surface area (Å²) < 4.78 is 9.64. The second-order valence-electron chi connectivity index (χ2n) is 4.44. The van der Waals surface area contributed by atoms with Crippen molar-refractivity contribution in [2.45, 2.75) is 6.92 Å². The van der Waals surface area contributed by atoms with Crippen LogP contribution in [-0.4, -0.2) is 37.6 Å². The molecule has 1 aromatic heterocycles. The number of hydrogen-bond donors (Lipinski definition) is 1. The maximum absolute atomic E-state index is 12.1. The molecule has 6 nitrogen and oxygen atoms in total. The van der Waals surface area contributed by atoms with Crippen molar-refractivity contribution in [2.24, 2.45) is 0 Å². The zero-order valence-electron chi connectivity index (χ0n) is 12.1. The first-order valence-corrected chi connectivity index (χ1v) is 6.35. The number of carbonyl (C=O) groups excluding carboxylic acids is 2. The number of fused-ring (bicyclic) bond motifs is 1. The average Bonchev–Trinajstić information content (AvgIpc) is 2.51. The highest BCUT2D eigenvalue weighted by molar-refractivity contribution is 5.99. The van der Waals surface area contributed by atoms with Crippen LogP contribution in [0.15, 0.2) is 24.3 Å². The van der Waals surface area contributed by atoms with Gasteiger partial charge in [-0.1, -0.05) is 0 Å². The number of aromatic nitrogens is 1. The van der Waals surface area contributed by atoms with Crippen LogP contribution in [0.25, 0.3) is 10.9 Å². The summed E-state index contributed by atoms with van der Waals surface area (Å²) in [5, 5.41) is 3.29. The first kappa shape index (κ1) is 14.8. The summed E-state index contributed by atoms with van der Waals surface area (Å²) in [6.07, 6.45) is 0. The van der Waals surface area contributed by atoms with Gasteiger partial charge in [0.25, 0.3) is 5.91 Å². The smallest absolute Gasteiger partial charge is 0.325 e. The van der Waals surface area contributed by atoms with Crippen LogP contribution in [0, 0.1) is 6.92 Å². The number of methoxy groups -OCH3 is 2. The summed E-state index contributed by atoms with van der Waals surface area (Å²) in [5.41, 5.74) is 1.78. The molecule has 0 aliphatic carbocycles. The first-order chi connectivity index (χ1) is 10.0. The molecule has 0 spiro atoms. The highest BCUT2D eigenvalue weighted by atomic mass is 16.5. The zero-order valence-corrected chi connectivity index (χ0v) is 12.1. The number of rotatable bonds is 4. The molecule has 1 aromatic carbocycles. The molecule has 0 bridgehead atoms. The molecule has 2 aromatic rings. The van der Waals surface area contributed by atoms with Crippen LogP contribution < -0.4 is 10.1 Å². The molecule has 0 radical (unpaired) electrons. The van der Waals surface area contributed by atoms with Gasteiger partial charge < -0.3 is 14.8 Å². The van der Waals surface area contributed by atoms with E-state index >= 15 is 0 Å². The molecule has 1 amide bonds. The number of esters is 1. The number of amides is 1. The van der Waals surface area contributed by atoms with Gasteiger partial charge >= 0.3 is 5.97 Å². The molecule has 2 rings (SSSR count). The van der Waals surface area contributed by atoms with Crippen LogP contribution >= 0.6 is 0 Å². The Balaban J connectivity index is 2.32. The van der Waals surface area contributed by atoms with Crippen molar-refractivity contribution in [3.8, 4) is 5.75 Å². The fraction of sp³-hybridized carbons (Fsp3) is 0.267. The van der Waals surface area contributed by atoms with Crippen LogP contribution in [0.1, 0.15) is 16.1 Å². The van der Waals surface area contributed by atoms with Gasteiger partial charge in [0.1, 0.15) is 12.3 Å². The number of ether oxygens (including phenoxy) is 2. The van der Waals surface area contributed by atoms with E-state index in [1.807, 2.05) is 12.1 Å². The Kier molecular flexibility index (Phi) is 4.37. The molecular formula is C15H16N2O4. The molecule has 21 heavy (non-hydrogen) atoms. The van der Waals surface area contributed by atoms with E-state index in [0.29, 0.717) is 17.0 Å². The van der Waals surface area contributed by atoms with Gasteiger partial charge in [-0.3, -0.25) is 14.6 Å². The number of hydrogen-bond acceptors (Lipinski definition) is 5. The van der Waals surface area contributed by atoms with Gasteiger partial charge in [-0.05, 0) is 31.2 Å². The fourth-order valence-electron chi connectivity index (χ4n) is 1.93. The summed E-state index contributed by atoms with van der Waals surface area (Å²) in [5.74, 6) is -0.180. The van der Waals surface area contributed by atoms with E-state index in [2.05, 4.69) is 15.0 Å². The number of nitrogens with one attached hydrogen (secondary N) is 1. The minimum Gasteiger partial charge on any atom is -0.497 e. The predicted octanol–water partition coefficient (Wildman–Crippen LogP) is 1.45. The maximum Gasteiger partial charge on any atom is 0.325 e. The van der Waals surface area contributed by atoms with E-state index in [-0.39, 0.29) is 12.5 Å². The van der Waals surface area contributed by atoms with Crippen molar-refractivity contribution in [1.29, 1.82) is 0 Å². The summed E-state index contributed by atoms with van der Waals surface area (Å²) in [4.78, 5) is 27.5. The molecular weight excluding hydrogens is 272 g/mol. The number of aryl methyl sites for hydroxylation is 1. The summed E-state index contributed by atoms with van der Waals surface area (Å²) in [7, 11) is 2.84. The van der Waals surface area contributed by atoms with Gasteiger partial charge in [0.05, 0.1) is 31.0 Å². The van der Waals surface area contributed by atoms with Gasteiger partial charge in [0.15, 0.2) is 0 Å². The lowest BCUT2D eigenvalue weighted by Gasteiger charge is -2.09. The maximum atomic E-state index is 12.1. The second-order valence-corrected chi connectivity index (χ2v) is 4.44. The van der Waals surface area contributed by atoms with E-state index < -0.39 is 5.97 Å². The highest BCUT2D eigenvalue weighted by Gasteiger charge is 2.13. The third-order valence-electron chi connectivity index (χ3n) is 3.08. The van der Waals surface area contributed by atoms with Gasteiger partial charge in [-0.2, -0.15) is 0 Å². The standard InChI is InChI=1S/C15H16N2O4/c1-9-12(15(19)16-8-14(18)21-3)7-10-6-11(20-2)4-5-13(10)17-9/h4-7H,8H2,1-3H3,(H,16,19). The molecule has 1 N–H and O–H groups in total. The number of pyridine rings is 1. The minimum atomic E-state index is -0.503. The topological polar surface area (TPSA) is 77.5 Å². The number of benzene rings is 1. The quantitative estimate of drug-likeness (QED) is 0.862. The SMILES string of the molecule is COC(=O)CNC(=O)c1cc2cc(OC)ccc2nc1C. The van der Waals surface area contributed by atoms with Crippen molar-refractivity contribution in [3.63, 3.8) is 0 Å². The second kappa shape index (κ2) is 6.21. The normalized spacial score (nSPS) is 10.2. The van der Waals surface area contributed by atoms with E-state index in [0.717, 1.165) is 10.9 Å². The van der Waals surface area contributed by atoms with E-state index in [1.165, 1.54) is 7.11 Å². The van der Waals surface area contributed by atoms with Gasteiger partial charge in [-0.25, -0.2) is 0 Å². The Labute approximate surface area is 122 Å². The minimum absolute atomic E-state index is 0.176. The average molecular weight is 288 g/mol. The molecule has 0 aliphatic rings. The molecule has 0 fully saturated rings. The van der Waals surface area contributed by atoms with E-state index in [9.17, 15) is 9.59 Å². The van der Waals surface area contributed by atoms with Crippen molar-refractivity contribution < 1.29 is 19.1 Å². The largest absolute Gasteiger partial charge is 0.497 e. The van der Waals surface area contributed by atoms with Gasteiger partial charge in [0.2, 0.25) is 0 Å². The lowest BCUT2D eigenvalue weighted by atomic mass is 10.1. The number of nitrogens with zero attached hydrogens (tertiary/aromatic N) is 1. The zero-order chi connectivity index (χ0) is 15.4. The van der Waals surface area contributed by atoms with Crippen LogP contribution in [0.5, 0.6) is 5.75 Å². The Morgan fingerprint density at radius 1 is 1.24 bits per heavy atom. The molecule has 0 aliphatic heterocycles. The first-order valence-electron chi connectivity index (χ1n) is 6.35. The highest BCUT2D eigenvalue weighted by Crippen LogP contribution is 2.21. The predicted molar refractivity (Wildman–Crippen MR) is 77.4 cm³/mol. The van der Waals surface area contributed by atoms with Gasteiger partial charge in [-0.15, -0.1) is 0 Å². The number of carbonyl (C=O) groups is 2.